The second-order valence-electron chi connectivity index (χ2n) is 7.05. The molecular formula is C23H25O6P. The molecule has 0 bridgehead atoms. The van der Waals surface area contributed by atoms with Crippen molar-refractivity contribution < 1.29 is 28.3 Å². The van der Waals surface area contributed by atoms with Crippen molar-refractivity contribution in [1.82, 2.24) is 0 Å². The lowest BCUT2D eigenvalue weighted by Crippen LogP contribution is -2.08. The van der Waals surface area contributed by atoms with Crippen molar-refractivity contribution in [1.29, 1.82) is 0 Å². The lowest BCUT2D eigenvalue weighted by molar-refractivity contribution is 0.281. The Morgan fingerprint density at radius 1 is 0.667 bits per heavy atom. The molecule has 0 heterocycles. The van der Waals surface area contributed by atoms with E-state index < -0.39 is 7.82 Å². The lowest BCUT2D eigenvalue weighted by Gasteiger charge is -2.20. The smallest absolute Gasteiger partial charge is 0.392 e. The highest BCUT2D eigenvalue weighted by Crippen LogP contribution is 2.49. The molecule has 0 fully saturated rings. The number of aliphatic hydroxyl groups excluding tert-OH is 2. The third-order valence-electron chi connectivity index (χ3n) is 4.41. The van der Waals surface area contributed by atoms with Gasteiger partial charge in [-0.2, -0.15) is 4.57 Å². The first kappa shape index (κ1) is 21.9. The first-order valence-electron chi connectivity index (χ1n) is 9.59. The number of phosphoric ester groups is 1. The van der Waals surface area contributed by atoms with Gasteiger partial charge in [-0.3, -0.25) is 0 Å². The van der Waals surface area contributed by atoms with Crippen molar-refractivity contribution in [2.75, 3.05) is 0 Å². The zero-order valence-corrected chi connectivity index (χ0v) is 17.8. The van der Waals surface area contributed by atoms with Gasteiger partial charge in [-0.05, 0) is 59.0 Å². The van der Waals surface area contributed by atoms with Gasteiger partial charge in [0.1, 0.15) is 17.2 Å². The SMILES string of the molecule is CC(C)c1ccc(OP(=O)(Oc2ccc(CO)cc2)Oc2ccc(CO)cc2)cc1. The molecule has 0 aromatic heterocycles. The molecule has 0 unspecified atom stereocenters. The van der Waals surface area contributed by atoms with Crippen molar-refractivity contribution >= 4 is 7.82 Å². The monoisotopic (exact) mass is 428 g/mol. The Bertz CT molecular complexity index is 928. The number of benzene rings is 3. The maximum absolute atomic E-state index is 13.5. The quantitative estimate of drug-likeness (QED) is 0.442. The molecule has 6 nitrogen and oxygen atoms in total. The highest BCUT2D eigenvalue weighted by molar-refractivity contribution is 7.49. The number of hydrogen-bond acceptors (Lipinski definition) is 6. The van der Waals surface area contributed by atoms with Crippen molar-refractivity contribution in [3.63, 3.8) is 0 Å². The Labute approximate surface area is 176 Å². The van der Waals surface area contributed by atoms with Gasteiger partial charge in [0.05, 0.1) is 13.2 Å². The number of rotatable bonds is 9. The molecule has 0 atom stereocenters. The van der Waals surface area contributed by atoms with Crippen LogP contribution in [0.5, 0.6) is 17.2 Å². The summed E-state index contributed by atoms with van der Waals surface area (Å²) in [6.45, 7) is 3.95. The molecule has 0 saturated carbocycles. The largest absolute Gasteiger partial charge is 0.647 e. The van der Waals surface area contributed by atoms with Crippen LogP contribution in [0.4, 0.5) is 0 Å². The van der Waals surface area contributed by atoms with Gasteiger partial charge < -0.3 is 23.8 Å². The van der Waals surface area contributed by atoms with Gasteiger partial charge in [-0.1, -0.05) is 50.2 Å². The predicted octanol–water partition coefficient (Wildman–Crippen LogP) is 5.44. The Balaban J connectivity index is 1.86. The van der Waals surface area contributed by atoms with Crippen LogP contribution in [0, 0.1) is 0 Å². The summed E-state index contributed by atoms with van der Waals surface area (Å²) in [6, 6.07) is 20.2. The van der Waals surface area contributed by atoms with E-state index in [1.54, 1.807) is 60.7 Å². The number of phosphoric acid groups is 1. The van der Waals surface area contributed by atoms with Crippen molar-refractivity contribution in [2.24, 2.45) is 0 Å². The van der Waals surface area contributed by atoms with Crippen LogP contribution in [0.3, 0.4) is 0 Å². The molecule has 7 heteroatoms. The van der Waals surface area contributed by atoms with Crippen LogP contribution in [-0.2, 0) is 17.8 Å². The maximum atomic E-state index is 13.5. The summed E-state index contributed by atoms with van der Waals surface area (Å²) in [5, 5.41) is 18.4. The van der Waals surface area contributed by atoms with Crippen LogP contribution in [-0.4, -0.2) is 10.2 Å². The normalized spacial score (nSPS) is 11.4. The predicted molar refractivity (Wildman–Crippen MR) is 115 cm³/mol. The van der Waals surface area contributed by atoms with E-state index in [1.807, 2.05) is 12.1 Å². The van der Waals surface area contributed by atoms with E-state index in [0.717, 1.165) is 5.56 Å². The van der Waals surface area contributed by atoms with Crippen LogP contribution < -0.4 is 13.6 Å². The third-order valence-corrected chi connectivity index (χ3v) is 5.71. The summed E-state index contributed by atoms with van der Waals surface area (Å²) >= 11 is 0. The summed E-state index contributed by atoms with van der Waals surface area (Å²) in [7, 11) is -4.10. The number of aliphatic hydroxyl groups is 2. The highest BCUT2D eigenvalue weighted by atomic mass is 31.2. The molecule has 0 aliphatic heterocycles. The van der Waals surface area contributed by atoms with Gasteiger partial charge in [0.25, 0.3) is 0 Å². The molecule has 3 aromatic carbocycles. The molecule has 0 radical (unpaired) electrons. The Morgan fingerprint density at radius 2 is 1.00 bits per heavy atom. The zero-order chi connectivity index (χ0) is 21.6. The maximum Gasteiger partial charge on any atom is 0.647 e. The molecule has 30 heavy (non-hydrogen) atoms. The van der Waals surface area contributed by atoms with E-state index in [2.05, 4.69) is 13.8 Å². The fourth-order valence-corrected chi connectivity index (χ4v) is 3.92. The van der Waals surface area contributed by atoms with Crippen molar-refractivity contribution in [2.45, 2.75) is 33.0 Å². The molecular weight excluding hydrogens is 403 g/mol. The van der Waals surface area contributed by atoms with Crippen LogP contribution in [0.1, 0.15) is 36.5 Å². The summed E-state index contributed by atoms with van der Waals surface area (Å²) in [6.07, 6.45) is 0. The molecule has 0 amide bonds. The molecule has 3 rings (SSSR count). The van der Waals surface area contributed by atoms with Crippen LogP contribution in [0.15, 0.2) is 72.8 Å². The van der Waals surface area contributed by atoms with E-state index in [9.17, 15) is 14.8 Å². The second kappa shape index (κ2) is 9.81. The van der Waals surface area contributed by atoms with Crippen LogP contribution in [0.25, 0.3) is 0 Å². The van der Waals surface area contributed by atoms with Crippen molar-refractivity contribution in [3.8, 4) is 17.2 Å². The Hall–Kier alpha value is -2.79. The molecule has 0 aliphatic rings. The van der Waals surface area contributed by atoms with Gasteiger partial charge >= 0.3 is 7.82 Å². The average Bonchev–Trinajstić information content (AvgIpc) is 2.75. The molecule has 3 aromatic rings. The highest BCUT2D eigenvalue weighted by Gasteiger charge is 2.33. The van der Waals surface area contributed by atoms with Crippen LogP contribution >= 0.6 is 7.82 Å². The summed E-state index contributed by atoms with van der Waals surface area (Å²) in [4.78, 5) is 0. The third kappa shape index (κ3) is 5.86. The second-order valence-corrected chi connectivity index (χ2v) is 8.49. The molecule has 0 spiro atoms. The summed E-state index contributed by atoms with van der Waals surface area (Å²) in [5.74, 6) is 1.26. The fraction of sp³-hybridized carbons (Fsp3) is 0.217. The minimum Gasteiger partial charge on any atom is -0.392 e. The Morgan fingerprint density at radius 3 is 1.30 bits per heavy atom. The summed E-state index contributed by atoms with van der Waals surface area (Å²) in [5.41, 5.74) is 2.52. The topological polar surface area (TPSA) is 85.2 Å². The van der Waals surface area contributed by atoms with Crippen molar-refractivity contribution in [3.05, 3.63) is 89.5 Å². The van der Waals surface area contributed by atoms with E-state index in [4.69, 9.17) is 13.6 Å². The first-order chi connectivity index (χ1) is 14.4. The number of hydrogen-bond donors (Lipinski definition) is 2. The molecule has 0 aliphatic carbocycles. The van der Waals surface area contributed by atoms with Gasteiger partial charge in [-0.25, -0.2) is 0 Å². The first-order valence-corrected chi connectivity index (χ1v) is 11.1. The van der Waals surface area contributed by atoms with Gasteiger partial charge in [0, 0.05) is 0 Å². The minimum atomic E-state index is -4.10. The standard InChI is InChI=1S/C23H25O6P/c1-17(2)20-7-13-23(14-8-20)29-30(26,27-21-9-3-18(15-24)4-10-21)28-22-11-5-19(16-25)6-12-22/h3-14,17,24-25H,15-16H2,1-2H3. The van der Waals surface area contributed by atoms with E-state index in [1.165, 1.54) is 0 Å². The van der Waals surface area contributed by atoms with E-state index in [-0.39, 0.29) is 24.7 Å². The zero-order valence-electron chi connectivity index (χ0n) is 16.9. The van der Waals surface area contributed by atoms with E-state index >= 15 is 0 Å². The van der Waals surface area contributed by atoms with E-state index in [0.29, 0.717) is 22.8 Å². The fourth-order valence-electron chi connectivity index (χ4n) is 2.67. The Kier molecular flexibility index (Phi) is 7.16. The molecule has 158 valence electrons. The van der Waals surface area contributed by atoms with Crippen LogP contribution in [0.2, 0.25) is 0 Å². The summed E-state index contributed by atoms with van der Waals surface area (Å²) < 4.78 is 30.4. The van der Waals surface area contributed by atoms with Gasteiger partial charge in [-0.15, -0.1) is 0 Å². The minimum absolute atomic E-state index is 0.107. The molecule has 2 N–H and O–H groups in total. The average molecular weight is 428 g/mol. The molecule has 0 saturated heterocycles. The lowest BCUT2D eigenvalue weighted by atomic mass is 10.0. The van der Waals surface area contributed by atoms with Gasteiger partial charge in [0.15, 0.2) is 0 Å². The van der Waals surface area contributed by atoms with Gasteiger partial charge in [0.2, 0.25) is 0 Å².